The van der Waals surface area contributed by atoms with Crippen LogP contribution in [0.15, 0.2) is 33.1 Å². The Morgan fingerprint density at radius 3 is 2.43 bits per heavy atom. The van der Waals surface area contributed by atoms with Crippen LogP contribution in [0.2, 0.25) is 0 Å². The van der Waals surface area contributed by atoms with Crippen molar-refractivity contribution in [1.82, 2.24) is 0 Å². The van der Waals surface area contributed by atoms with Crippen LogP contribution < -0.4 is 0 Å². The van der Waals surface area contributed by atoms with Crippen molar-refractivity contribution in [3.63, 3.8) is 0 Å². The molecule has 0 bridgehead atoms. The van der Waals surface area contributed by atoms with Crippen LogP contribution in [-0.2, 0) is 0 Å². The molecule has 2 aromatic heterocycles. The first-order chi connectivity index (χ1) is 6.83. The summed E-state index contributed by atoms with van der Waals surface area (Å²) in [5.74, 6) is 1.33. The Labute approximate surface area is 79.6 Å². The lowest BCUT2D eigenvalue weighted by atomic mass is 10.3. The van der Waals surface area contributed by atoms with Gasteiger partial charge in [-0.1, -0.05) is 0 Å². The molecule has 0 amide bonds. The summed E-state index contributed by atoms with van der Waals surface area (Å²) in [7, 11) is 0. The molecule has 2 heterocycles. The standard InChI is InChI=1S/C10H5NO3/c1-11-10-5-4-9(14-10)8-3-2-7(6-12)13-8/h2-6H. The Balaban J connectivity index is 2.39. The van der Waals surface area contributed by atoms with Gasteiger partial charge in [-0.25, -0.2) is 0 Å². The molecule has 2 rings (SSSR count). The van der Waals surface area contributed by atoms with E-state index >= 15 is 0 Å². The fourth-order valence-electron chi connectivity index (χ4n) is 1.07. The fraction of sp³-hybridized carbons (Fsp3) is 0. The van der Waals surface area contributed by atoms with Crippen molar-refractivity contribution in [2.45, 2.75) is 0 Å². The van der Waals surface area contributed by atoms with Gasteiger partial charge in [0.15, 0.2) is 23.6 Å². The summed E-state index contributed by atoms with van der Waals surface area (Å²) in [5.41, 5.74) is 0. The molecule has 14 heavy (non-hydrogen) atoms. The topological polar surface area (TPSA) is 47.7 Å². The number of carbonyl (C=O) groups is 1. The van der Waals surface area contributed by atoms with E-state index < -0.39 is 0 Å². The molecule has 0 saturated heterocycles. The Bertz CT molecular complexity index is 501. The maximum absolute atomic E-state index is 10.3. The van der Waals surface area contributed by atoms with Gasteiger partial charge in [0.2, 0.25) is 0 Å². The summed E-state index contributed by atoms with van der Waals surface area (Å²) in [6, 6.07) is 6.34. The minimum atomic E-state index is 0.198. The summed E-state index contributed by atoms with van der Waals surface area (Å²) >= 11 is 0. The van der Waals surface area contributed by atoms with Gasteiger partial charge in [0.25, 0.3) is 0 Å². The van der Waals surface area contributed by atoms with E-state index in [4.69, 9.17) is 15.4 Å². The van der Waals surface area contributed by atoms with Crippen molar-refractivity contribution >= 4 is 12.2 Å². The predicted octanol–water partition coefficient (Wildman–Crippen LogP) is 2.90. The van der Waals surface area contributed by atoms with Gasteiger partial charge in [-0.3, -0.25) is 4.79 Å². The molecule has 2 aromatic rings. The number of carbonyl (C=O) groups excluding carboxylic acids is 1. The largest absolute Gasteiger partial charge is 0.477 e. The summed E-state index contributed by atoms with van der Waals surface area (Å²) in [5, 5.41) is 0. The molecule has 0 atom stereocenters. The summed E-state index contributed by atoms with van der Waals surface area (Å²) < 4.78 is 10.2. The van der Waals surface area contributed by atoms with Gasteiger partial charge in [-0.2, -0.15) is 4.85 Å². The molecular weight excluding hydrogens is 182 g/mol. The lowest BCUT2D eigenvalue weighted by Gasteiger charge is -1.88. The smallest absolute Gasteiger partial charge is 0.346 e. The van der Waals surface area contributed by atoms with E-state index in [1.165, 1.54) is 0 Å². The maximum atomic E-state index is 10.3. The Hall–Kier alpha value is -2.28. The Morgan fingerprint density at radius 1 is 1.14 bits per heavy atom. The zero-order chi connectivity index (χ0) is 9.97. The fourth-order valence-corrected chi connectivity index (χ4v) is 1.07. The van der Waals surface area contributed by atoms with E-state index in [1.54, 1.807) is 24.3 Å². The summed E-state index contributed by atoms with van der Waals surface area (Å²) in [4.78, 5) is 13.5. The van der Waals surface area contributed by atoms with Crippen LogP contribution in [0.3, 0.4) is 0 Å². The highest BCUT2D eigenvalue weighted by Crippen LogP contribution is 2.27. The molecule has 68 valence electrons. The third kappa shape index (κ3) is 1.31. The van der Waals surface area contributed by atoms with Crippen molar-refractivity contribution < 1.29 is 13.6 Å². The normalized spacial score (nSPS) is 9.64. The van der Waals surface area contributed by atoms with Crippen molar-refractivity contribution in [3.05, 3.63) is 41.4 Å². The van der Waals surface area contributed by atoms with Gasteiger partial charge in [0.1, 0.15) is 0 Å². The summed E-state index contributed by atoms with van der Waals surface area (Å²) in [6.07, 6.45) is 0.613. The van der Waals surface area contributed by atoms with Gasteiger partial charge in [0, 0.05) is 0 Å². The Kier molecular flexibility index (Phi) is 1.92. The first-order valence-corrected chi connectivity index (χ1v) is 3.86. The average molecular weight is 187 g/mol. The van der Waals surface area contributed by atoms with Crippen molar-refractivity contribution in [3.8, 4) is 11.5 Å². The number of furan rings is 2. The van der Waals surface area contributed by atoms with Crippen LogP contribution in [0.5, 0.6) is 0 Å². The van der Waals surface area contributed by atoms with Gasteiger partial charge >= 0.3 is 5.88 Å². The van der Waals surface area contributed by atoms with Crippen molar-refractivity contribution in [2.24, 2.45) is 0 Å². The van der Waals surface area contributed by atoms with Gasteiger partial charge in [-0.15, -0.1) is 0 Å². The quantitative estimate of drug-likeness (QED) is 0.536. The van der Waals surface area contributed by atoms with Crippen LogP contribution in [0.1, 0.15) is 10.6 Å². The second-order valence-electron chi connectivity index (χ2n) is 2.57. The number of rotatable bonds is 2. The van der Waals surface area contributed by atoms with Crippen LogP contribution in [0.25, 0.3) is 16.4 Å². The molecule has 0 saturated carbocycles. The van der Waals surface area contributed by atoms with E-state index in [0.29, 0.717) is 17.8 Å². The highest BCUT2D eigenvalue weighted by Gasteiger charge is 2.08. The molecule has 4 nitrogen and oxygen atoms in total. The second-order valence-corrected chi connectivity index (χ2v) is 2.57. The van der Waals surface area contributed by atoms with E-state index in [1.807, 2.05) is 0 Å². The second kappa shape index (κ2) is 3.23. The molecule has 0 unspecified atom stereocenters. The molecule has 0 fully saturated rings. The van der Waals surface area contributed by atoms with E-state index in [9.17, 15) is 4.79 Å². The maximum Gasteiger partial charge on any atom is 0.346 e. The number of aldehydes is 1. The molecular formula is C10H5NO3. The minimum Gasteiger partial charge on any atom is -0.477 e. The lowest BCUT2D eigenvalue weighted by molar-refractivity contribution is 0.110. The zero-order valence-electron chi connectivity index (χ0n) is 7.06. The first kappa shape index (κ1) is 8.32. The molecule has 0 aromatic carbocycles. The highest BCUT2D eigenvalue weighted by molar-refractivity contribution is 5.72. The van der Waals surface area contributed by atoms with Crippen LogP contribution in [0, 0.1) is 6.57 Å². The van der Waals surface area contributed by atoms with Crippen molar-refractivity contribution in [2.75, 3.05) is 0 Å². The Morgan fingerprint density at radius 2 is 1.86 bits per heavy atom. The molecule has 0 aliphatic heterocycles. The third-order valence-electron chi connectivity index (χ3n) is 1.69. The van der Waals surface area contributed by atoms with E-state index in [0.717, 1.165) is 0 Å². The van der Waals surface area contributed by atoms with Crippen LogP contribution in [-0.4, -0.2) is 6.29 Å². The third-order valence-corrected chi connectivity index (χ3v) is 1.69. The first-order valence-electron chi connectivity index (χ1n) is 3.86. The molecule has 0 aliphatic carbocycles. The number of hydrogen-bond donors (Lipinski definition) is 0. The highest BCUT2D eigenvalue weighted by atomic mass is 16.4. The monoisotopic (exact) mass is 187 g/mol. The molecule has 0 N–H and O–H groups in total. The van der Waals surface area contributed by atoms with Crippen LogP contribution in [0.4, 0.5) is 5.88 Å². The molecule has 4 heteroatoms. The zero-order valence-corrected chi connectivity index (χ0v) is 7.06. The molecule has 0 aliphatic rings. The SMILES string of the molecule is [C-]#[N+]c1ccc(-c2ccc(C=O)o2)o1. The van der Waals surface area contributed by atoms with Gasteiger partial charge in [-0.05, 0) is 24.3 Å². The number of nitrogens with zero attached hydrogens (tertiary/aromatic N) is 1. The van der Waals surface area contributed by atoms with Crippen molar-refractivity contribution in [1.29, 1.82) is 0 Å². The van der Waals surface area contributed by atoms with E-state index in [2.05, 4.69) is 4.85 Å². The predicted molar refractivity (Wildman–Crippen MR) is 48.1 cm³/mol. The van der Waals surface area contributed by atoms with Crippen LogP contribution >= 0.6 is 0 Å². The summed E-state index contributed by atoms with van der Waals surface area (Å²) in [6.45, 7) is 6.71. The average Bonchev–Trinajstić information content (AvgIpc) is 2.86. The van der Waals surface area contributed by atoms with Gasteiger partial charge in [0.05, 0.1) is 6.57 Å². The number of hydrogen-bond acceptors (Lipinski definition) is 3. The lowest BCUT2D eigenvalue weighted by Crippen LogP contribution is -1.68. The van der Waals surface area contributed by atoms with E-state index in [-0.39, 0.29) is 11.6 Å². The molecule has 0 spiro atoms. The van der Waals surface area contributed by atoms with Gasteiger partial charge < -0.3 is 8.83 Å². The molecule has 0 radical (unpaired) electrons. The minimum absolute atomic E-state index is 0.198.